The van der Waals surface area contributed by atoms with E-state index in [9.17, 15) is 32.5 Å². The normalized spacial score (nSPS) is 19.7. The number of nitrogens with two attached hydrogens (primary N) is 3. The van der Waals surface area contributed by atoms with Crippen molar-refractivity contribution in [3.8, 4) is 0 Å². The Hall–Kier alpha value is -4.28. The lowest BCUT2D eigenvalue weighted by atomic mass is 9.84. The van der Waals surface area contributed by atoms with Crippen LogP contribution >= 0.6 is 11.3 Å². The molecule has 0 unspecified atom stereocenters. The number of hydrogen-bond donors (Lipinski definition) is 6. The molecule has 3 heterocycles. The lowest BCUT2D eigenvalue weighted by Crippen LogP contribution is -2.64. The van der Waals surface area contributed by atoms with Gasteiger partial charge in [0.05, 0.1) is 25.0 Å². The first-order valence-corrected chi connectivity index (χ1v) is 14.7. The number of guanidine groups is 1. The molecule has 0 radical (unpaired) electrons. The lowest BCUT2D eigenvalue weighted by molar-refractivity contribution is -0.153. The molecule has 0 spiro atoms. The maximum atomic E-state index is 13.3. The number of carbonyl (C=O) groups is 3. The average molecular weight is 629 g/mol. The zero-order chi connectivity index (χ0) is 30.7. The molecule has 2 aromatic heterocycles. The smallest absolute Gasteiger partial charge is 0.362 e. The van der Waals surface area contributed by atoms with Crippen LogP contribution in [0.1, 0.15) is 37.2 Å². The van der Waals surface area contributed by atoms with Crippen molar-refractivity contribution in [1.29, 1.82) is 0 Å². The van der Waals surface area contributed by atoms with Crippen LogP contribution in [-0.4, -0.2) is 102 Å². The summed E-state index contributed by atoms with van der Waals surface area (Å²) in [6, 6.07) is -1.25. The maximum absolute atomic E-state index is 13.3. The zero-order valence-electron chi connectivity index (χ0n) is 21.9. The van der Waals surface area contributed by atoms with Crippen molar-refractivity contribution in [3.63, 3.8) is 0 Å². The third-order valence-corrected chi connectivity index (χ3v) is 7.94. The van der Waals surface area contributed by atoms with E-state index in [1.165, 1.54) is 5.38 Å². The summed E-state index contributed by atoms with van der Waals surface area (Å²) in [5.41, 5.74) is 14.2. The molecule has 2 fully saturated rings. The van der Waals surface area contributed by atoms with Crippen LogP contribution in [0.4, 0.5) is 5.13 Å². The standard InChI is InChI=1S/C20H28N12O8S2/c21-18(22)25-5-1-4-24-7-14-27-30-31(28-14)8-12-10(16(34)32(12)42(37,38)39)6-13(33)15(11-9-41-19(23)26-11)29-40-20(2-3-20)17(35)36/h9-10,12,24H,1-8H2,(H2,23,26)(H,35,36)(H4,21,22,25)(H,37,38,39)/b29-15-/t10-,12+/m0/s1. The Balaban J connectivity index is 1.45. The minimum absolute atomic E-state index is 0.00738. The number of aliphatic carboxylic acids is 1. The fourth-order valence-corrected chi connectivity index (χ4v) is 5.48. The second-order valence-electron chi connectivity index (χ2n) is 9.41. The first-order valence-electron chi connectivity index (χ1n) is 12.4. The van der Waals surface area contributed by atoms with Gasteiger partial charge in [-0.15, -0.1) is 21.5 Å². The number of ketones is 1. The first kappa shape index (κ1) is 30.7. The zero-order valence-corrected chi connectivity index (χ0v) is 23.5. The molecule has 2 aromatic rings. The number of hydrogen-bond acceptors (Lipinski definition) is 15. The van der Waals surface area contributed by atoms with E-state index in [1.54, 1.807) is 0 Å². The van der Waals surface area contributed by atoms with E-state index < -0.39 is 51.9 Å². The summed E-state index contributed by atoms with van der Waals surface area (Å²) >= 11 is 0.990. The molecule has 2 atom stereocenters. The monoisotopic (exact) mass is 628 g/mol. The summed E-state index contributed by atoms with van der Waals surface area (Å²) in [6.45, 7) is 0.847. The van der Waals surface area contributed by atoms with Crippen molar-refractivity contribution in [2.45, 2.75) is 50.4 Å². The summed E-state index contributed by atoms with van der Waals surface area (Å²) in [5, 5.41) is 29.5. The highest BCUT2D eigenvalue weighted by Gasteiger charge is 2.56. The number of β-lactam (4-membered cyclic amide) rings is 1. The highest BCUT2D eigenvalue weighted by molar-refractivity contribution is 7.84. The predicted octanol–water partition coefficient (Wildman–Crippen LogP) is -2.91. The van der Waals surface area contributed by atoms with E-state index in [1.807, 2.05) is 0 Å². The number of amides is 1. The number of nitrogens with zero attached hydrogens (tertiary/aromatic N) is 8. The Morgan fingerprint density at radius 2 is 2.05 bits per heavy atom. The molecule has 0 aromatic carbocycles. The molecule has 20 nitrogen and oxygen atoms in total. The van der Waals surface area contributed by atoms with Gasteiger partial charge in [-0.25, -0.2) is 14.1 Å². The van der Waals surface area contributed by atoms with Crippen molar-refractivity contribution < 1.29 is 37.3 Å². The van der Waals surface area contributed by atoms with Crippen molar-refractivity contribution in [2.24, 2.45) is 27.5 Å². The van der Waals surface area contributed by atoms with Crippen LogP contribution in [0.15, 0.2) is 15.5 Å². The van der Waals surface area contributed by atoms with Gasteiger partial charge in [-0.3, -0.25) is 19.1 Å². The summed E-state index contributed by atoms with van der Waals surface area (Å²) in [5.74, 6) is -4.08. The van der Waals surface area contributed by atoms with Crippen molar-refractivity contribution in [2.75, 3.05) is 18.8 Å². The number of oxime groups is 1. The van der Waals surface area contributed by atoms with Gasteiger partial charge in [0.1, 0.15) is 5.69 Å². The molecule has 1 aliphatic carbocycles. The van der Waals surface area contributed by atoms with Crippen LogP contribution in [0.5, 0.6) is 0 Å². The number of thiazole rings is 1. The predicted molar refractivity (Wildman–Crippen MR) is 144 cm³/mol. The number of carboxylic acids is 1. The number of carbonyl (C=O) groups excluding carboxylic acids is 2. The Bertz CT molecular complexity index is 1510. The number of aliphatic imine (C=N–C) groups is 1. The SMILES string of the molecule is NC(N)=NCCCNCc1nnn(C[C@@H]2[C@H](CC(=O)/C(=N\OC3(C(=O)O)CC3)c3csc(N)n3)C(=O)N2S(=O)(=O)O)n1. The number of anilines is 1. The van der Waals surface area contributed by atoms with Crippen LogP contribution in [0, 0.1) is 5.92 Å². The van der Waals surface area contributed by atoms with Gasteiger partial charge >= 0.3 is 16.3 Å². The highest BCUT2D eigenvalue weighted by Crippen LogP contribution is 2.40. The molecule has 1 amide bonds. The summed E-state index contributed by atoms with van der Waals surface area (Å²) < 4.78 is 33.7. The summed E-state index contributed by atoms with van der Waals surface area (Å²) in [7, 11) is -4.98. The van der Waals surface area contributed by atoms with E-state index in [0.29, 0.717) is 19.5 Å². The Labute approximate surface area is 241 Å². The number of tetrazole rings is 1. The highest BCUT2D eigenvalue weighted by atomic mass is 32.2. The second-order valence-corrected chi connectivity index (χ2v) is 11.6. The fourth-order valence-electron chi connectivity index (χ4n) is 4.01. The topological polar surface area (TPSA) is 310 Å². The molecule has 2 aliphatic rings. The quantitative estimate of drug-likeness (QED) is 0.0271. The Morgan fingerprint density at radius 3 is 2.64 bits per heavy atom. The van der Waals surface area contributed by atoms with E-state index >= 15 is 0 Å². The molecule has 228 valence electrons. The van der Waals surface area contributed by atoms with Crippen LogP contribution < -0.4 is 22.5 Å². The maximum Gasteiger partial charge on any atom is 0.362 e. The molecule has 9 N–H and O–H groups in total. The average Bonchev–Trinajstić information content (AvgIpc) is 3.37. The second kappa shape index (κ2) is 12.3. The first-order chi connectivity index (χ1) is 19.8. The third-order valence-electron chi connectivity index (χ3n) is 6.32. The van der Waals surface area contributed by atoms with Crippen LogP contribution in [0.2, 0.25) is 0 Å². The summed E-state index contributed by atoms with van der Waals surface area (Å²) in [4.78, 5) is 51.6. The fraction of sp³-hybridized carbons (Fsp3) is 0.550. The minimum atomic E-state index is -4.98. The minimum Gasteiger partial charge on any atom is -0.478 e. The van der Waals surface area contributed by atoms with Gasteiger partial charge in [-0.05, 0) is 18.2 Å². The number of Topliss-reactive ketones (excluding diaryl/α,β-unsaturated/α-hetero) is 1. The summed E-state index contributed by atoms with van der Waals surface area (Å²) in [6.07, 6.45) is 0.420. The molecule has 1 saturated carbocycles. The number of rotatable bonds is 16. The lowest BCUT2D eigenvalue weighted by Gasteiger charge is -2.43. The molecular weight excluding hydrogens is 600 g/mol. The molecule has 4 rings (SSSR count). The van der Waals surface area contributed by atoms with E-state index in [2.05, 4.69) is 35.9 Å². The van der Waals surface area contributed by atoms with Gasteiger partial charge in [0, 0.05) is 31.2 Å². The van der Waals surface area contributed by atoms with Gasteiger partial charge in [0.2, 0.25) is 11.5 Å². The van der Waals surface area contributed by atoms with Crippen molar-refractivity contribution in [1.82, 2.24) is 34.8 Å². The number of nitrogen functional groups attached to an aromatic ring is 1. The molecular formula is C20H28N12O8S2. The van der Waals surface area contributed by atoms with Gasteiger partial charge in [-0.2, -0.15) is 13.2 Å². The van der Waals surface area contributed by atoms with Crippen LogP contribution in [0.3, 0.4) is 0 Å². The van der Waals surface area contributed by atoms with Crippen molar-refractivity contribution in [3.05, 3.63) is 16.9 Å². The Morgan fingerprint density at radius 1 is 1.31 bits per heavy atom. The molecule has 0 bridgehead atoms. The van der Waals surface area contributed by atoms with E-state index in [4.69, 9.17) is 22.0 Å². The van der Waals surface area contributed by atoms with Crippen LogP contribution in [0.25, 0.3) is 0 Å². The van der Waals surface area contributed by atoms with Gasteiger partial charge in [-0.1, -0.05) is 5.16 Å². The third kappa shape index (κ3) is 7.13. The molecule has 1 aliphatic heterocycles. The van der Waals surface area contributed by atoms with E-state index in [-0.39, 0.29) is 58.6 Å². The number of aromatic nitrogens is 5. The van der Waals surface area contributed by atoms with Gasteiger partial charge in [0.25, 0.3) is 0 Å². The van der Waals surface area contributed by atoms with Crippen LogP contribution in [-0.2, 0) is 42.6 Å². The molecule has 42 heavy (non-hydrogen) atoms. The van der Waals surface area contributed by atoms with Gasteiger partial charge < -0.3 is 32.5 Å². The molecule has 1 saturated heterocycles. The van der Waals surface area contributed by atoms with E-state index in [0.717, 1.165) is 16.1 Å². The van der Waals surface area contributed by atoms with Crippen molar-refractivity contribution >= 4 is 56.1 Å². The molecule has 22 heteroatoms. The largest absolute Gasteiger partial charge is 0.478 e. The number of carboxylic acid groups (broad SMARTS) is 1. The number of nitrogens with one attached hydrogen (secondary N) is 1. The Kier molecular flexibility index (Phi) is 8.98. The van der Waals surface area contributed by atoms with Gasteiger partial charge in [0.15, 0.2) is 28.4 Å².